The largest absolute Gasteiger partial charge is 0.456 e. The van der Waals surface area contributed by atoms with Crippen molar-refractivity contribution in [3.05, 3.63) is 41.5 Å². The monoisotopic (exact) mass is 411 g/mol. The number of ether oxygens (including phenoxy) is 1. The van der Waals surface area contributed by atoms with E-state index < -0.39 is 29.5 Å². The van der Waals surface area contributed by atoms with E-state index in [1.54, 1.807) is 18.3 Å². The molecule has 29 heavy (non-hydrogen) atoms. The molecule has 0 spiro atoms. The van der Waals surface area contributed by atoms with E-state index in [1.807, 2.05) is 0 Å². The molecule has 1 aliphatic rings. The lowest BCUT2D eigenvalue weighted by atomic mass is 10.1. The van der Waals surface area contributed by atoms with E-state index in [4.69, 9.17) is 14.0 Å². The molecule has 0 bridgehead atoms. The smallest absolute Gasteiger partial charge is 0.450 e. The van der Waals surface area contributed by atoms with E-state index >= 15 is 0 Å². The number of carbonyl (C=O) groups is 1. The van der Waals surface area contributed by atoms with Crippen LogP contribution in [0.15, 0.2) is 28.8 Å². The van der Waals surface area contributed by atoms with Gasteiger partial charge in [0.1, 0.15) is 24.0 Å². The van der Waals surface area contributed by atoms with Crippen LogP contribution < -0.4 is 4.84 Å². The Bertz CT molecular complexity index is 1030. The lowest BCUT2D eigenvalue weighted by Gasteiger charge is -2.32. The van der Waals surface area contributed by atoms with Gasteiger partial charge in [-0.1, -0.05) is 4.85 Å². The number of hydrogen-bond donors (Lipinski definition) is 0. The molecule has 9 nitrogen and oxygen atoms in total. The van der Waals surface area contributed by atoms with E-state index in [0.717, 1.165) is 10.9 Å². The van der Waals surface area contributed by atoms with E-state index in [1.165, 1.54) is 11.8 Å². The lowest BCUT2D eigenvalue weighted by Crippen LogP contribution is -2.48. The van der Waals surface area contributed by atoms with Gasteiger partial charge in [0.25, 0.3) is 5.91 Å². The SMILES string of the molecule is Cc1cc(C(=O)N2CCOC(COn3nnc4cccnc43)C2)c(C(F)(F)F)o1. The van der Waals surface area contributed by atoms with Gasteiger partial charge >= 0.3 is 6.18 Å². The summed E-state index contributed by atoms with van der Waals surface area (Å²) in [5, 5.41) is 7.73. The maximum absolute atomic E-state index is 13.1. The number of amides is 1. The van der Waals surface area contributed by atoms with E-state index in [9.17, 15) is 18.0 Å². The zero-order valence-corrected chi connectivity index (χ0v) is 15.2. The number of pyridine rings is 1. The topological polar surface area (TPSA) is 95.5 Å². The molecule has 154 valence electrons. The highest BCUT2D eigenvalue weighted by molar-refractivity contribution is 5.95. The van der Waals surface area contributed by atoms with Crippen LogP contribution in [-0.2, 0) is 10.9 Å². The van der Waals surface area contributed by atoms with E-state index in [2.05, 4.69) is 15.3 Å². The fourth-order valence-electron chi connectivity index (χ4n) is 3.04. The molecule has 1 aliphatic heterocycles. The fourth-order valence-corrected chi connectivity index (χ4v) is 3.04. The average Bonchev–Trinajstić information content (AvgIpc) is 3.29. The predicted molar refractivity (Wildman–Crippen MR) is 90.9 cm³/mol. The Hall–Kier alpha value is -3.15. The summed E-state index contributed by atoms with van der Waals surface area (Å²) in [6.07, 6.45) is -3.75. The Balaban J connectivity index is 1.44. The summed E-state index contributed by atoms with van der Waals surface area (Å²) < 4.78 is 49.7. The Morgan fingerprint density at radius 1 is 1.41 bits per heavy atom. The summed E-state index contributed by atoms with van der Waals surface area (Å²) in [4.78, 5) is 24.7. The van der Waals surface area contributed by atoms with Crippen molar-refractivity contribution in [3.63, 3.8) is 0 Å². The van der Waals surface area contributed by atoms with Crippen molar-refractivity contribution in [1.29, 1.82) is 0 Å². The highest BCUT2D eigenvalue weighted by atomic mass is 19.4. The van der Waals surface area contributed by atoms with Crippen LogP contribution in [0.4, 0.5) is 13.2 Å². The maximum atomic E-state index is 13.1. The van der Waals surface area contributed by atoms with E-state index in [0.29, 0.717) is 11.2 Å². The Kier molecular flexibility index (Phi) is 4.86. The molecule has 0 radical (unpaired) electrons. The molecule has 0 aliphatic carbocycles. The second-order valence-electron chi connectivity index (χ2n) is 6.45. The minimum Gasteiger partial charge on any atom is -0.456 e. The molecule has 1 amide bonds. The Labute approximate surface area is 161 Å². The van der Waals surface area contributed by atoms with Crippen molar-refractivity contribution in [2.75, 3.05) is 26.3 Å². The molecule has 3 aromatic rings. The van der Waals surface area contributed by atoms with Gasteiger partial charge in [0, 0.05) is 12.7 Å². The summed E-state index contributed by atoms with van der Waals surface area (Å²) in [6, 6.07) is 4.53. The van der Waals surface area contributed by atoms with Crippen LogP contribution >= 0.6 is 0 Å². The molecule has 0 N–H and O–H groups in total. The van der Waals surface area contributed by atoms with Crippen molar-refractivity contribution < 1.29 is 32.0 Å². The number of furan rings is 1. The normalized spacial score (nSPS) is 17.7. The third kappa shape index (κ3) is 3.88. The second kappa shape index (κ2) is 7.35. The van der Waals surface area contributed by atoms with Crippen LogP contribution in [0.1, 0.15) is 21.9 Å². The minimum absolute atomic E-state index is 0.00928. The van der Waals surface area contributed by atoms with Gasteiger partial charge in [-0.2, -0.15) is 13.2 Å². The molecule has 3 aromatic heterocycles. The van der Waals surface area contributed by atoms with Gasteiger partial charge < -0.3 is 18.9 Å². The molecule has 0 aromatic carbocycles. The van der Waals surface area contributed by atoms with Crippen LogP contribution in [0, 0.1) is 6.92 Å². The molecule has 1 saturated heterocycles. The summed E-state index contributed by atoms with van der Waals surface area (Å²) in [5.41, 5.74) is 0.451. The number of aromatic nitrogens is 4. The van der Waals surface area contributed by atoms with Gasteiger partial charge in [0.2, 0.25) is 11.4 Å². The first-order valence-corrected chi connectivity index (χ1v) is 8.71. The van der Waals surface area contributed by atoms with Crippen LogP contribution in [0.5, 0.6) is 0 Å². The second-order valence-corrected chi connectivity index (χ2v) is 6.45. The first-order chi connectivity index (χ1) is 13.8. The highest BCUT2D eigenvalue weighted by Gasteiger charge is 2.41. The third-order valence-electron chi connectivity index (χ3n) is 4.33. The zero-order valence-electron chi connectivity index (χ0n) is 15.2. The molecule has 1 fully saturated rings. The van der Waals surface area contributed by atoms with Crippen molar-refractivity contribution in [1.82, 2.24) is 25.0 Å². The number of halogens is 3. The number of aryl methyl sites for hydroxylation is 1. The number of fused-ring (bicyclic) bond motifs is 1. The average molecular weight is 411 g/mol. The maximum Gasteiger partial charge on any atom is 0.450 e. The molecule has 4 rings (SSSR count). The fraction of sp³-hybridized carbons (Fsp3) is 0.412. The van der Waals surface area contributed by atoms with Crippen LogP contribution in [0.3, 0.4) is 0 Å². The van der Waals surface area contributed by atoms with Gasteiger partial charge in [-0.05, 0) is 30.3 Å². The number of hydrogen-bond acceptors (Lipinski definition) is 7. The van der Waals surface area contributed by atoms with Gasteiger partial charge in [-0.3, -0.25) is 4.79 Å². The summed E-state index contributed by atoms with van der Waals surface area (Å²) in [5.74, 6) is -2.05. The highest BCUT2D eigenvalue weighted by Crippen LogP contribution is 2.34. The first kappa shape index (κ1) is 19.2. The summed E-state index contributed by atoms with van der Waals surface area (Å²) in [6.45, 7) is 1.74. The zero-order chi connectivity index (χ0) is 20.6. The number of morpholine rings is 1. The molecule has 0 saturated carbocycles. The molecule has 4 heterocycles. The number of carbonyl (C=O) groups excluding carboxylic acids is 1. The first-order valence-electron chi connectivity index (χ1n) is 8.71. The van der Waals surface area contributed by atoms with E-state index in [-0.39, 0.29) is 32.1 Å². The molecular formula is C17H16F3N5O4. The lowest BCUT2D eigenvalue weighted by molar-refractivity contribution is -0.153. The quantitative estimate of drug-likeness (QED) is 0.645. The van der Waals surface area contributed by atoms with Gasteiger partial charge in [0.15, 0.2) is 0 Å². The Morgan fingerprint density at radius 2 is 2.24 bits per heavy atom. The minimum atomic E-state index is -4.75. The summed E-state index contributed by atoms with van der Waals surface area (Å²) >= 11 is 0. The number of alkyl halides is 3. The van der Waals surface area contributed by atoms with Crippen LogP contribution in [0.2, 0.25) is 0 Å². The predicted octanol–water partition coefficient (Wildman–Crippen LogP) is 1.72. The third-order valence-corrected chi connectivity index (χ3v) is 4.33. The number of rotatable bonds is 4. The Morgan fingerprint density at radius 3 is 3.03 bits per heavy atom. The number of nitrogens with zero attached hydrogens (tertiary/aromatic N) is 5. The van der Waals surface area contributed by atoms with Crippen molar-refractivity contribution >= 4 is 17.1 Å². The van der Waals surface area contributed by atoms with Gasteiger partial charge in [0.05, 0.1) is 18.7 Å². The molecular weight excluding hydrogens is 395 g/mol. The standard InChI is InChI=1S/C17H16F3N5O4/c1-10-7-12(14(29-10)17(18,19)20)16(26)24-5-6-27-11(8-24)9-28-25-15-13(22-23-25)3-2-4-21-15/h2-4,7,11H,5-6,8-9H2,1H3. The summed E-state index contributed by atoms with van der Waals surface area (Å²) in [7, 11) is 0. The van der Waals surface area contributed by atoms with Crippen molar-refractivity contribution in [2.45, 2.75) is 19.2 Å². The van der Waals surface area contributed by atoms with Crippen LogP contribution in [-0.4, -0.2) is 63.4 Å². The van der Waals surface area contributed by atoms with Crippen molar-refractivity contribution in [2.24, 2.45) is 0 Å². The molecule has 1 unspecified atom stereocenters. The molecule has 1 atom stereocenters. The van der Waals surface area contributed by atoms with Gasteiger partial charge in [-0.25, -0.2) is 4.98 Å². The molecule has 12 heteroatoms. The van der Waals surface area contributed by atoms with Crippen LogP contribution in [0.25, 0.3) is 11.2 Å². The van der Waals surface area contributed by atoms with Crippen molar-refractivity contribution in [3.8, 4) is 0 Å². The van der Waals surface area contributed by atoms with Gasteiger partial charge in [-0.15, -0.1) is 5.10 Å².